The van der Waals surface area contributed by atoms with E-state index in [1.807, 2.05) is 25.1 Å². The number of nitrogens with zero attached hydrogens (tertiary/aromatic N) is 1. The summed E-state index contributed by atoms with van der Waals surface area (Å²) in [7, 11) is 1.59. The zero-order valence-corrected chi connectivity index (χ0v) is 14.3. The number of piperidine rings is 1. The summed E-state index contributed by atoms with van der Waals surface area (Å²) in [5, 5.41) is 6.37. The van der Waals surface area contributed by atoms with Gasteiger partial charge in [0.25, 0.3) is 0 Å². The molecule has 130 valence electrons. The zero-order chi connectivity index (χ0) is 17.1. The normalized spacial score (nSPS) is 24.1. The summed E-state index contributed by atoms with van der Waals surface area (Å²) in [6.45, 7) is 4.20. The smallest absolute Gasteiger partial charge is 0.227 e. The highest BCUT2D eigenvalue weighted by Gasteiger charge is 2.37. The Balaban J connectivity index is 1.69. The van der Waals surface area contributed by atoms with Gasteiger partial charge in [-0.05, 0) is 44.0 Å². The van der Waals surface area contributed by atoms with E-state index < -0.39 is 0 Å². The van der Waals surface area contributed by atoms with Gasteiger partial charge in [-0.1, -0.05) is 6.07 Å². The largest absolute Gasteiger partial charge is 0.495 e. The van der Waals surface area contributed by atoms with Gasteiger partial charge in [-0.2, -0.15) is 0 Å². The fourth-order valence-corrected chi connectivity index (χ4v) is 3.42. The minimum Gasteiger partial charge on any atom is -0.495 e. The van der Waals surface area contributed by atoms with Crippen LogP contribution in [0.4, 0.5) is 5.69 Å². The number of anilines is 1. The number of amides is 2. The van der Waals surface area contributed by atoms with Crippen LogP contribution in [0.15, 0.2) is 18.2 Å². The van der Waals surface area contributed by atoms with Gasteiger partial charge in [-0.25, -0.2) is 0 Å². The minimum absolute atomic E-state index is 0.0221. The third-order valence-corrected chi connectivity index (χ3v) is 4.76. The predicted octanol–water partition coefficient (Wildman–Crippen LogP) is 1.22. The highest BCUT2D eigenvalue weighted by atomic mass is 16.5. The first-order valence-electron chi connectivity index (χ1n) is 8.54. The van der Waals surface area contributed by atoms with E-state index in [9.17, 15) is 9.59 Å². The lowest BCUT2D eigenvalue weighted by Gasteiger charge is -2.25. The Kier molecular flexibility index (Phi) is 5.04. The van der Waals surface area contributed by atoms with Crippen LogP contribution in [0.5, 0.6) is 5.75 Å². The second-order valence-electron chi connectivity index (χ2n) is 6.63. The maximum Gasteiger partial charge on any atom is 0.227 e. The van der Waals surface area contributed by atoms with Crippen LogP contribution in [-0.4, -0.2) is 44.6 Å². The van der Waals surface area contributed by atoms with Gasteiger partial charge in [-0.3, -0.25) is 9.59 Å². The van der Waals surface area contributed by atoms with Gasteiger partial charge in [0.15, 0.2) is 0 Å². The molecule has 6 nitrogen and oxygen atoms in total. The number of aryl methyl sites for hydroxylation is 1. The molecule has 0 aliphatic carbocycles. The molecule has 3 rings (SSSR count). The summed E-state index contributed by atoms with van der Waals surface area (Å²) in [4.78, 5) is 26.6. The van der Waals surface area contributed by atoms with Crippen LogP contribution >= 0.6 is 0 Å². The molecular weight excluding hydrogens is 306 g/mol. The molecule has 2 amide bonds. The maximum absolute atomic E-state index is 12.5. The van der Waals surface area contributed by atoms with E-state index in [-0.39, 0.29) is 30.2 Å². The van der Waals surface area contributed by atoms with Gasteiger partial charge < -0.3 is 20.3 Å². The highest BCUT2D eigenvalue weighted by Crippen LogP contribution is 2.34. The van der Waals surface area contributed by atoms with Gasteiger partial charge in [0.1, 0.15) is 5.75 Å². The molecule has 2 saturated heterocycles. The van der Waals surface area contributed by atoms with Crippen molar-refractivity contribution in [1.29, 1.82) is 0 Å². The molecule has 2 aliphatic heterocycles. The molecule has 0 radical (unpaired) electrons. The lowest BCUT2D eigenvalue weighted by Crippen LogP contribution is -2.47. The van der Waals surface area contributed by atoms with E-state index in [0.29, 0.717) is 12.3 Å². The molecule has 24 heavy (non-hydrogen) atoms. The highest BCUT2D eigenvalue weighted by molar-refractivity contribution is 6.01. The molecule has 1 aromatic rings. The molecule has 6 heteroatoms. The molecule has 0 saturated carbocycles. The maximum atomic E-state index is 12.5. The molecule has 0 bridgehead atoms. The Labute approximate surface area is 142 Å². The van der Waals surface area contributed by atoms with Crippen LogP contribution in [0.25, 0.3) is 0 Å². The van der Waals surface area contributed by atoms with Crippen molar-refractivity contribution in [1.82, 2.24) is 10.6 Å². The standard InChI is InChI=1S/C18H25N3O3/c1-12-5-6-16(24-2)15(8-12)21-11-13(9-17(21)22)18(23)20-14-4-3-7-19-10-14/h5-6,8,13-14,19H,3-4,7,9-11H2,1-2H3,(H,20,23). The zero-order valence-electron chi connectivity index (χ0n) is 14.3. The average molecular weight is 331 g/mol. The van der Waals surface area contributed by atoms with E-state index in [0.717, 1.165) is 37.2 Å². The van der Waals surface area contributed by atoms with E-state index in [1.54, 1.807) is 12.0 Å². The van der Waals surface area contributed by atoms with Crippen molar-refractivity contribution in [2.24, 2.45) is 5.92 Å². The van der Waals surface area contributed by atoms with Crippen LogP contribution < -0.4 is 20.3 Å². The quantitative estimate of drug-likeness (QED) is 0.870. The molecule has 2 N–H and O–H groups in total. The van der Waals surface area contributed by atoms with Crippen LogP contribution in [0.3, 0.4) is 0 Å². The first-order valence-corrected chi connectivity index (χ1v) is 8.54. The number of rotatable bonds is 4. The van der Waals surface area contributed by atoms with Crippen molar-refractivity contribution in [3.05, 3.63) is 23.8 Å². The monoisotopic (exact) mass is 331 g/mol. The molecule has 2 aliphatic rings. The summed E-state index contributed by atoms with van der Waals surface area (Å²) >= 11 is 0. The molecule has 2 atom stereocenters. The first-order chi connectivity index (χ1) is 11.6. The summed E-state index contributed by atoms with van der Waals surface area (Å²) in [6.07, 6.45) is 2.32. The number of methoxy groups -OCH3 is 1. The summed E-state index contributed by atoms with van der Waals surface area (Å²) in [5.74, 6) is 0.308. The number of carbonyl (C=O) groups is 2. The Morgan fingerprint density at radius 3 is 2.96 bits per heavy atom. The second kappa shape index (κ2) is 7.21. The van der Waals surface area contributed by atoms with E-state index in [1.165, 1.54) is 0 Å². The average Bonchev–Trinajstić information content (AvgIpc) is 2.97. The van der Waals surface area contributed by atoms with Crippen molar-refractivity contribution in [2.75, 3.05) is 31.6 Å². The van der Waals surface area contributed by atoms with Crippen LogP contribution in [0.1, 0.15) is 24.8 Å². The Bertz CT molecular complexity index is 626. The van der Waals surface area contributed by atoms with Gasteiger partial charge >= 0.3 is 0 Å². The van der Waals surface area contributed by atoms with Gasteiger partial charge in [-0.15, -0.1) is 0 Å². The fraction of sp³-hybridized carbons (Fsp3) is 0.556. The number of hydrogen-bond donors (Lipinski definition) is 2. The van der Waals surface area contributed by atoms with Crippen LogP contribution in [-0.2, 0) is 9.59 Å². The van der Waals surface area contributed by atoms with Gasteiger partial charge in [0.2, 0.25) is 11.8 Å². The molecule has 0 spiro atoms. The molecule has 2 unspecified atom stereocenters. The molecular formula is C18H25N3O3. The van der Waals surface area contributed by atoms with Crippen molar-refractivity contribution in [3.63, 3.8) is 0 Å². The van der Waals surface area contributed by atoms with Crippen molar-refractivity contribution in [2.45, 2.75) is 32.2 Å². The lowest BCUT2D eigenvalue weighted by atomic mass is 10.0. The lowest BCUT2D eigenvalue weighted by molar-refractivity contribution is -0.127. The molecule has 2 heterocycles. The topological polar surface area (TPSA) is 70.7 Å². The Hall–Kier alpha value is -2.08. The van der Waals surface area contributed by atoms with Crippen LogP contribution in [0.2, 0.25) is 0 Å². The summed E-state index contributed by atoms with van der Waals surface area (Å²) in [6, 6.07) is 5.91. The predicted molar refractivity (Wildman–Crippen MR) is 92.2 cm³/mol. The van der Waals surface area contributed by atoms with Gasteiger partial charge in [0.05, 0.1) is 18.7 Å². The molecule has 2 fully saturated rings. The van der Waals surface area contributed by atoms with Crippen molar-refractivity contribution < 1.29 is 14.3 Å². The molecule has 0 aromatic heterocycles. The van der Waals surface area contributed by atoms with E-state index in [2.05, 4.69) is 10.6 Å². The van der Waals surface area contributed by atoms with Gasteiger partial charge in [0, 0.05) is 25.6 Å². The second-order valence-corrected chi connectivity index (χ2v) is 6.63. The fourth-order valence-electron chi connectivity index (χ4n) is 3.42. The number of nitrogens with one attached hydrogen (secondary N) is 2. The van der Waals surface area contributed by atoms with E-state index in [4.69, 9.17) is 4.74 Å². The SMILES string of the molecule is COc1ccc(C)cc1N1CC(C(=O)NC2CCCNC2)CC1=O. The number of ether oxygens (including phenoxy) is 1. The third kappa shape index (κ3) is 3.53. The number of carbonyl (C=O) groups excluding carboxylic acids is 2. The third-order valence-electron chi connectivity index (χ3n) is 4.76. The summed E-state index contributed by atoms with van der Waals surface area (Å²) in [5.41, 5.74) is 1.80. The first kappa shape index (κ1) is 16.8. The Morgan fingerprint density at radius 1 is 1.42 bits per heavy atom. The Morgan fingerprint density at radius 2 is 2.25 bits per heavy atom. The van der Waals surface area contributed by atoms with Crippen molar-refractivity contribution in [3.8, 4) is 5.75 Å². The summed E-state index contributed by atoms with van der Waals surface area (Å²) < 4.78 is 5.38. The number of benzene rings is 1. The van der Waals surface area contributed by atoms with Crippen molar-refractivity contribution >= 4 is 17.5 Å². The van der Waals surface area contributed by atoms with Crippen LogP contribution in [0, 0.1) is 12.8 Å². The molecule has 1 aromatic carbocycles. The number of hydrogen-bond acceptors (Lipinski definition) is 4. The van der Waals surface area contributed by atoms with E-state index >= 15 is 0 Å². The minimum atomic E-state index is -0.301.